The third-order valence-electron chi connectivity index (χ3n) is 2.55. The van der Waals surface area contributed by atoms with Gasteiger partial charge in [0.1, 0.15) is 5.82 Å². The van der Waals surface area contributed by atoms with Crippen LogP contribution in [0.4, 0.5) is 21.6 Å². The van der Waals surface area contributed by atoms with Gasteiger partial charge in [-0.25, -0.2) is 9.37 Å². The molecule has 18 heavy (non-hydrogen) atoms. The summed E-state index contributed by atoms with van der Waals surface area (Å²) in [4.78, 5) is 6.15. The number of hydrogen-bond donors (Lipinski definition) is 1. The van der Waals surface area contributed by atoms with Crippen LogP contribution in [-0.2, 0) is 0 Å². The van der Waals surface area contributed by atoms with Crippen LogP contribution in [0.2, 0.25) is 0 Å². The number of hydrogen-bond acceptors (Lipinski definition) is 3. The number of nitrogens with two attached hydrogens (primary N) is 1. The average Bonchev–Trinajstić information content (AvgIpc) is 2.33. The summed E-state index contributed by atoms with van der Waals surface area (Å²) in [5.41, 5.74) is 7.23. The molecule has 1 aromatic heterocycles. The third-order valence-corrected chi connectivity index (χ3v) is 2.99. The van der Waals surface area contributed by atoms with Gasteiger partial charge in [0.15, 0.2) is 5.82 Å². The van der Waals surface area contributed by atoms with E-state index in [1.807, 2.05) is 17.9 Å². The van der Waals surface area contributed by atoms with Crippen molar-refractivity contribution in [3.05, 3.63) is 46.8 Å². The second-order valence-corrected chi connectivity index (χ2v) is 4.71. The Bertz CT molecular complexity index is 560. The maximum atomic E-state index is 13.3. The van der Waals surface area contributed by atoms with Crippen LogP contribution in [0.1, 0.15) is 6.92 Å². The second kappa shape index (κ2) is 5.35. The van der Waals surface area contributed by atoms with Gasteiger partial charge in [0.05, 0.1) is 5.69 Å². The van der Waals surface area contributed by atoms with E-state index in [-0.39, 0.29) is 5.82 Å². The summed E-state index contributed by atoms with van der Waals surface area (Å²) < 4.78 is 14.1. The van der Waals surface area contributed by atoms with E-state index in [1.165, 1.54) is 12.1 Å². The molecule has 2 rings (SSSR count). The van der Waals surface area contributed by atoms with Crippen LogP contribution in [0.5, 0.6) is 0 Å². The van der Waals surface area contributed by atoms with Gasteiger partial charge in [-0.05, 0) is 47.1 Å². The molecule has 0 unspecified atom stereocenters. The highest BCUT2D eigenvalue weighted by Gasteiger charge is 2.12. The van der Waals surface area contributed by atoms with Crippen LogP contribution < -0.4 is 10.6 Å². The second-order valence-electron chi connectivity index (χ2n) is 3.79. The van der Waals surface area contributed by atoms with Gasteiger partial charge in [0.25, 0.3) is 0 Å². The van der Waals surface area contributed by atoms with E-state index in [9.17, 15) is 4.39 Å². The first kappa shape index (κ1) is 12.8. The number of benzene rings is 1. The number of nitrogen functional groups attached to an aromatic ring is 1. The quantitative estimate of drug-likeness (QED) is 0.939. The summed E-state index contributed by atoms with van der Waals surface area (Å²) in [6.07, 6.45) is 1.67. The Kier molecular flexibility index (Phi) is 3.81. The maximum Gasteiger partial charge on any atom is 0.156 e. The fourth-order valence-electron chi connectivity index (χ4n) is 1.77. The summed E-state index contributed by atoms with van der Waals surface area (Å²) in [5.74, 6) is 0.355. The minimum atomic E-state index is -0.276. The fraction of sp³-hybridized carbons (Fsp3) is 0.154. The maximum absolute atomic E-state index is 13.3. The Morgan fingerprint density at radius 3 is 2.78 bits per heavy atom. The molecule has 2 N–H and O–H groups in total. The lowest BCUT2D eigenvalue weighted by Crippen LogP contribution is -2.19. The summed E-state index contributed by atoms with van der Waals surface area (Å²) in [7, 11) is 0. The molecule has 0 atom stereocenters. The summed E-state index contributed by atoms with van der Waals surface area (Å²) in [6.45, 7) is 2.62. The molecule has 94 valence electrons. The topological polar surface area (TPSA) is 42.2 Å². The summed E-state index contributed by atoms with van der Waals surface area (Å²) >= 11 is 3.31. The molecule has 0 aliphatic rings. The molecule has 0 saturated carbocycles. The molecule has 0 bridgehead atoms. The van der Waals surface area contributed by atoms with Crippen molar-refractivity contribution in [2.45, 2.75) is 6.92 Å². The van der Waals surface area contributed by atoms with Crippen LogP contribution in [0, 0.1) is 5.82 Å². The van der Waals surface area contributed by atoms with Gasteiger partial charge in [0.2, 0.25) is 0 Å². The van der Waals surface area contributed by atoms with Crippen molar-refractivity contribution in [1.29, 1.82) is 0 Å². The Morgan fingerprint density at radius 2 is 2.17 bits per heavy atom. The Balaban J connectivity index is 2.45. The van der Waals surface area contributed by atoms with Gasteiger partial charge in [-0.1, -0.05) is 6.07 Å². The predicted octanol–water partition coefficient (Wildman–Crippen LogP) is 3.72. The van der Waals surface area contributed by atoms with Gasteiger partial charge < -0.3 is 10.6 Å². The van der Waals surface area contributed by atoms with E-state index in [1.54, 1.807) is 18.3 Å². The Labute approximate surface area is 114 Å². The van der Waals surface area contributed by atoms with E-state index >= 15 is 0 Å². The van der Waals surface area contributed by atoms with Crippen molar-refractivity contribution < 1.29 is 4.39 Å². The van der Waals surface area contributed by atoms with Gasteiger partial charge >= 0.3 is 0 Å². The van der Waals surface area contributed by atoms with Crippen molar-refractivity contribution >= 4 is 33.1 Å². The standard InChI is InChI=1S/C13H13BrFN3/c1-2-18(11-5-3-4-10(15)7-11)13-12(16)6-9(14)8-17-13/h3-8H,2,16H2,1H3. The normalized spacial score (nSPS) is 10.4. The molecule has 0 aliphatic heterocycles. The highest BCUT2D eigenvalue weighted by atomic mass is 79.9. The third kappa shape index (κ3) is 2.61. The molecule has 1 aromatic carbocycles. The van der Waals surface area contributed by atoms with Crippen LogP contribution in [0.15, 0.2) is 41.0 Å². The zero-order valence-electron chi connectivity index (χ0n) is 9.90. The van der Waals surface area contributed by atoms with Gasteiger partial charge in [-0.3, -0.25) is 0 Å². The monoisotopic (exact) mass is 309 g/mol. The molecule has 3 nitrogen and oxygen atoms in total. The van der Waals surface area contributed by atoms with Crippen molar-refractivity contribution in [3.63, 3.8) is 0 Å². The molecule has 2 aromatic rings. The molecule has 0 aliphatic carbocycles. The molecule has 0 saturated heterocycles. The Morgan fingerprint density at radius 1 is 1.39 bits per heavy atom. The zero-order chi connectivity index (χ0) is 13.1. The lowest BCUT2D eigenvalue weighted by Gasteiger charge is -2.23. The predicted molar refractivity (Wildman–Crippen MR) is 75.4 cm³/mol. The van der Waals surface area contributed by atoms with E-state index in [2.05, 4.69) is 20.9 Å². The molecular weight excluding hydrogens is 297 g/mol. The lowest BCUT2D eigenvalue weighted by atomic mass is 10.2. The van der Waals surface area contributed by atoms with E-state index in [4.69, 9.17) is 5.73 Å². The molecule has 0 amide bonds. The molecule has 5 heteroatoms. The summed E-state index contributed by atoms with van der Waals surface area (Å²) in [6, 6.07) is 8.16. The fourth-order valence-corrected chi connectivity index (χ4v) is 2.12. The van der Waals surface area contributed by atoms with Gasteiger partial charge in [-0.2, -0.15) is 0 Å². The average molecular weight is 310 g/mol. The van der Waals surface area contributed by atoms with Gasteiger partial charge in [0, 0.05) is 22.9 Å². The SMILES string of the molecule is CCN(c1cccc(F)c1)c1ncc(Br)cc1N. The molecule has 1 heterocycles. The first-order valence-electron chi connectivity index (χ1n) is 5.56. The highest BCUT2D eigenvalue weighted by molar-refractivity contribution is 9.10. The number of nitrogens with zero attached hydrogens (tertiary/aromatic N) is 2. The van der Waals surface area contributed by atoms with Crippen LogP contribution >= 0.6 is 15.9 Å². The van der Waals surface area contributed by atoms with E-state index in [0.717, 1.165) is 10.2 Å². The first-order valence-corrected chi connectivity index (χ1v) is 6.35. The zero-order valence-corrected chi connectivity index (χ0v) is 11.5. The summed E-state index contributed by atoms with van der Waals surface area (Å²) in [5, 5.41) is 0. The first-order chi connectivity index (χ1) is 8.61. The van der Waals surface area contributed by atoms with Crippen molar-refractivity contribution in [3.8, 4) is 0 Å². The molecule has 0 radical (unpaired) electrons. The minimum Gasteiger partial charge on any atom is -0.396 e. The van der Waals surface area contributed by atoms with Crippen LogP contribution in [0.25, 0.3) is 0 Å². The minimum absolute atomic E-state index is 0.276. The number of aromatic nitrogens is 1. The Hall–Kier alpha value is -1.62. The largest absolute Gasteiger partial charge is 0.396 e. The van der Waals surface area contributed by atoms with Gasteiger partial charge in [-0.15, -0.1) is 0 Å². The number of pyridine rings is 1. The number of rotatable bonds is 3. The van der Waals surface area contributed by atoms with Crippen molar-refractivity contribution in [1.82, 2.24) is 4.98 Å². The molecular formula is C13H13BrFN3. The number of anilines is 3. The van der Waals surface area contributed by atoms with Crippen molar-refractivity contribution in [2.75, 3.05) is 17.2 Å². The van der Waals surface area contributed by atoms with Crippen molar-refractivity contribution in [2.24, 2.45) is 0 Å². The van der Waals surface area contributed by atoms with Crippen LogP contribution in [-0.4, -0.2) is 11.5 Å². The molecule has 0 spiro atoms. The number of halogens is 2. The molecule has 0 fully saturated rings. The van der Waals surface area contributed by atoms with Crippen LogP contribution in [0.3, 0.4) is 0 Å². The lowest BCUT2D eigenvalue weighted by molar-refractivity contribution is 0.627. The highest BCUT2D eigenvalue weighted by Crippen LogP contribution is 2.29. The van der Waals surface area contributed by atoms with E-state index < -0.39 is 0 Å². The van der Waals surface area contributed by atoms with E-state index in [0.29, 0.717) is 18.1 Å². The smallest absolute Gasteiger partial charge is 0.156 e.